The van der Waals surface area contributed by atoms with E-state index in [9.17, 15) is 34.2 Å². The molecule has 2 heterocycles. The first-order valence-electron chi connectivity index (χ1n) is 27.1. The highest BCUT2D eigenvalue weighted by atomic mass is 16.7. The van der Waals surface area contributed by atoms with E-state index in [1.54, 1.807) is 74.6 Å². The number of likely N-dealkylation sites (N-methyl/N-ethyl adjacent to an activating group) is 2. The number of carbonyl (C=O) groups is 5. The SMILES string of the molecule is CCNC(=O)C(=N)N(C(=N)c1cc(C(C)C)c(O)cc1O)c1ccc(Oc2ccc(C(=O)NCCN(C)C(=O)c3ccc(C4(C)OB(C(CC(C)C)NC(=O)C(Cc5ccccc5)NC(=O)c5cnccn5)OC4(C)C)cc3)cc2)cc1. The predicted molar refractivity (Wildman–Crippen MR) is 312 cm³/mol. The number of carbonyl (C=O) groups excluding carboxylic acids is 5. The van der Waals surface area contributed by atoms with Crippen molar-refractivity contribution >= 4 is 54.0 Å². The Labute approximate surface area is 478 Å². The molecule has 1 aliphatic rings. The number of hydrogen-bond donors (Lipinski definition) is 8. The summed E-state index contributed by atoms with van der Waals surface area (Å²) in [6.45, 7) is 15.8. The Morgan fingerprint density at radius 3 is 2.02 bits per heavy atom. The van der Waals surface area contributed by atoms with Crippen LogP contribution in [0.3, 0.4) is 0 Å². The number of nitrogens with one attached hydrogen (secondary N) is 6. The van der Waals surface area contributed by atoms with Crippen LogP contribution in [0.1, 0.15) is 121 Å². The van der Waals surface area contributed by atoms with E-state index in [4.69, 9.17) is 24.9 Å². The number of benzene rings is 5. The van der Waals surface area contributed by atoms with Crippen LogP contribution in [0, 0.1) is 16.7 Å². The first-order chi connectivity index (χ1) is 39.0. The molecular formula is C61H71BN10O10. The normalized spacial score (nSPS) is 15.2. The highest BCUT2D eigenvalue weighted by Crippen LogP contribution is 2.46. The fraction of sp³-hybridized carbons (Fsp3) is 0.328. The van der Waals surface area contributed by atoms with Crippen LogP contribution >= 0.6 is 0 Å². The summed E-state index contributed by atoms with van der Waals surface area (Å²) in [6, 6.07) is 30.9. The van der Waals surface area contributed by atoms with Crippen LogP contribution < -0.4 is 30.9 Å². The fourth-order valence-corrected chi connectivity index (χ4v) is 9.37. The molecule has 21 heteroatoms. The average Bonchev–Trinajstić information content (AvgIpc) is 3.85. The highest BCUT2D eigenvalue weighted by Gasteiger charge is 2.57. The van der Waals surface area contributed by atoms with Gasteiger partial charge in [0.15, 0.2) is 5.84 Å². The number of nitrogens with zero attached hydrogens (tertiary/aromatic N) is 4. The van der Waals surface area contributed by atoms with Gasteiger partial charge in [0.05, 0.1) is 23.3 Å². The molecule has 6 aromatic rings. The standard InChI is InChI=1S/C61H71BN10O10/c1-10-66-58(78)54(64)72(53(63)47-34-46(38(4)5)50(73)35-51(47)74)43-22-26-45(27-23-43)80-44-24-18-40(19-25-44)55(75)68-30-31-71(9)59(79)41-16-20-42(21-17-41)61(8)60(6,7)81-62(82-61)52(32-37(2)3)70-56(76)48(33-39-14-12-11-13-15-39)69-57(77)49-36-65-28-29-67-49/h11-29,34-38,48,52,63-64,73-74H,10,30-33H2,1-9H3,(H,66,78)(H,68,75)(H,69,77)(H,70,76). The number of hydrogen-bond acceptors (Lipinski definition) is 14. The lowest BCUT2D eigenvalue weighted by atomic mass is 9.73. The summed E-state index contributed by atoms with van der Waals surface area (Å²) < 4.78 is 19.5. The summed E-state index contributed by atoms with van der Waals surface area (Å²) in [7, 11) is 0.776. The highest BCUT2D eigenvalue weighted by molar-refractivity contribution is 6.48. The maximum atomic E-state index is 14.2. The second-order valence-electron chi connectivity index (χ2n) is 21.4. The number of rotatable bonds is 21. The molecule has 20 nitrogen and oxygen atoms in total. The van der Waals surface area contributed by atoms with Crippen LogP contribution in [0.5, 0.6) is 23.0 Å². The van der Waals surface area contributed by atoms with Crippen LogP contribution in [-0.2, 0) is 30.9 Å². The molecule has 1 saturated heterocycles. The largest absolute Gasteiger partial charge is 0.508 e. The Kier molecular flexibility index (Phi) is 19.7. The van der Waals surface area contributed by atoms with Gasteiger partial charge in [0.25, 0.3) is 23.6 Å². The van der Waals surface area contributed by atoms with Crippen molar-refractivity contribution in [1.82, 2.24) is 36.1 Å². The molecule has 1 fully saturated rings. The number of aromatic nitrogens is 2. The molecule has 3 atom stereocenters. The Bertz CT molecular complexity index is 3260. The topological polar surface area (TPSA) is 282 Å². The minimum atomic E-state index is -1.02. The number of aromatic hydroxyl groups is 2. The summed E-state index contributed by atoms with van der Waals surface area (Å²) >= 11 is 0. The quantitative estimate of drug-likeness (QED) is 0.0194. The average molecular weight is 1120 g/mol. The Hall–Kier alpha value is -8.95. The van der Waals surface area contributed by atoms with Crippen LogP contribution in [0.4, 0.5) is 5.69 Å². The molecular weight excluding hydrogens is 1040 g/mol. The Morgan fingerprint density at radius 1 is 0.768 bits per heavy atom. The molecule has 3 unspecified atom stereocenters. The van der Waals surface area contributed by atoms with Gasteiger partial charge in [-0.15, -0.1) is 0 Å². The Balaban J connectivity index is 0.934. The van der Waals surface area contributed by atoms with Gasteiger partial charge in [-0.2, -0.15) is 0 Å². The lowest BCUT2D eigenvalue weighted by Gasteiger charge is -2.37. The zero-order chi connectivity index (χ0) is 59.5. The molecule has 82 heavy (non-hydrogen) atoms. The lowest BCUT2D eigenvalue weighted by molar-refractivity contribution is -0.123. The van der Waals surface area contributed by atoms with E-state index < -0.39 is 59.6 Å². The molecule has 0 radical (unpaired) electrons. The summed E-state index contributed by atoms with van der Waals surface area (Å²) in [5.41, 5.74) is 1.29. The van der Waals surface area contributed by atoms with Crippen molar-refractivity contribution in [2.75, 3.05) is 31.6 Å². The van der Waals surface area contributed by atoms with Crippen LogP contribution in [0.2, 0.25) is 0 Å². The molecule has 5 amide bonds. The van der Waals surface area contributed by atoms with Gasteiger partial charge >= 0.3 is 7.12 Å². The number of phenolic OH excluding ortho intramolecular Hbond substituents is 2. The molecule has 0 spiro atoms. The van der Waals surface area contributed by atoms with Crippen molar-refractivity contribution in [1.29, 1.82) is 10.8 Å². The van der Waals surface area contributed by atoms with Gasteiger partial charge < -0.3 is 50.4 Å². The van der Waals surface area contributed by atoms with E-state index in [-0.39, 0.29) is 78.2 Å². The molecule has 0 bridgehead atoms. The first kappa shape index (κ1) is 60.7. The lowest BCUT2D eigenvalue weighted by Crippen LogP contribution is -2.55. The smallest absolute Gasteiger partial charge is 0.482 e. The summed E-state index contributed by atoms with van der Waals surface area (Å²) in [6.07, 6.45) is 4.94. The van der Waals surface area contributed by atoms with Gasteiger partial charge in [-0.05, 0) is 129 Å². The van der Waals surface area contributed by atoms with E-state index in [0.717, 1.165) is 22.1 Å². The molecule has 428 valence electrons. The molecule has 1 aliphatic heterocycles. The van der Waals surface area contributed by atoms with Gasteiger partial charge in [-0.3, -0.25) is 44.7 Å². The van der Waals surface area contributed by atoms with E-state index in [1.165, 1.54) is 29.6 Å². The molecule has 1 aromatic heterocycles. The van der Waals surface area contributed by atoms with Crippen molar-refractivity contribution < 1.29 is 48.2 Å². The minimum Gasteiger partial charge on any atom is -0.508 e. The molecule has 0 aliphatic carbocycles. The van der Waals surface area contributed by atoms with Gasteiger partial charge in [-0.25, -0.2) is 4.98 Å². The van der Waals surface area contributed by atoms with E-state index >= 15 is 0 Å². The zero-order valence-corrected chi connectivity index (χ0v) is 47.6. The van der Waals surface area contributed by atoms with Crippen molar-refractivity contribution in [2.45, 2.75) is 97.3 Å². The van der Waals surface area contributed by atoms with Crippen molar-refractivity contribution in [3.8, 4) is 23.0 Å². The van der Waals surface area contributed by atoms with Crippen molar-refractivity contribution in [2.24, 2.45) is 5.92 Å². The van der Waals surface area contributed by atoms with Crippen LogP contribution in [0.15, 0.2) is 134 Å². The third kappa shape index (κ3) is 14.5. The monoisotopic (exact) mass is 1110 g/mol. The summed E-state index contributed by atoms with van der Waals surface area (Å²) in [4.78, 5) is 77.9. The third-order valence-corrected chi connectivity index (χ3v) is 14.2. The predicted octanol–water partition coefficient (Wildman–Crippen LogP) is 7.89. The molecule has 7 rings (SSSR count). The minimum absolute atomic E-state index is 0.0124. The van der Waals surface area contributed by atoms with Gasteiger partial charge in [0.1, 0.15) is 46.2 Å². The molecule has 5 aromatic carbocycles. The number of phenols is 2. The van der Waals surface area contributed by atoms with Gasteiger partial charge in [0.2, 0.25) is 5.91 Å². The van der Waals surface area contributed by atoms with Crippen LogP contribution in [0.25, 0.3) is 0 Å². The van der Waals surface area contributed by atoms with Crippen LogP contribution in [-0.4, -0.2) is 118 Å². The van der Waals surface area contributed by atoms with E-state index in [1.807, 2.05) is 90.9 Å². The molecule has 8 N–H and O–H groups in total. The zero-order valence-electron chi connectivity index (χ0n) is 47.6. The Morgan fingerprint density at radius 2 is 1.41 bits per heavy atom. The maximum absolute atomic E-state index is 14.2. The number of amides is 5. The number of ether oxygens (including phenoxy) is 1. The summed E-state index contributed by atoms with van der Waals surface area (Å²) in [5, 5.41) is 50.3. The summed E-state index contributed by atoms with van der Waals surface area (Å²) in [5.74, 6) is -3.61. The first-order valence-corrected chi connectivity index (χ1v) is 27.1. The van der Waals surface area contributed by atoms with Gasteiger partial charge in [-0.1, -0.05) is 70.2 Å². The third-order valence-electron chi connectivity index (χ3n) is 14.2. The van der Waals surface area contributed by atoms with Crippen molar-refractivity contribution in [3.63, 3.8) is 0 Å². The number of anilines is 1. The van der Waals surface area contributed by atoms with E-state index in [2.05, 4.69) is 31.2 Å². The van der Waals surface area contributed by atoms with Gasteiger partial charge in [0, 0.05) is 68.4 Å². The number of amidine groups is 2. The fourth-order valence-electron chi connectivity index (χ4n) is 9.37. The second-order valence-corrected chi connectivity index (χ2v) is 21.4. The van der Waals surface area contributed by atoms with Crippen molar-refractivity contribution in [3.05, 3.63) is 173 Å². The molecule has 0 saturated carbocycles. The van der Waals surface area contributed by atoms with E-state index in [0.29, 0.717) is 34.6 Å². The second kappa shape index (κ2) is 26.6. The maximum Gasteiger partial charge on any atom is 0.482 e.